The van der Waals surface area contributed by atoms with E-state index < -0.39 is 0 Å². The number of benzene rings is 1. The summed E-state index contributed by atoms with van der Waals surface area (Å²) < 4.78 is 12.0. The van der Waals surface area contributed by atoms with Crippen molar-refractivity contribution in [3.05, 3.63) is 22.2 Å². The van der Waals surface area contributed by atoms with Gasteiger partial charge in [-0.25, -0.2) is 0 Å². The molecule has 0 saturated heterocycles. The predicted molar refractivity (Wildman–Crippen MR) is 67.2 cm³/mol. The molecule has 1 atom stereocenters. The Hall–Kier alpha value is -1.25. The minimum Gasteiger partial charge on any atom is -0.490 e. The number of hydrogen-bond acceptors (Lipinski definition) is 4. The molecule has 0 saturated carbocycles. The van der Waals surface area contributed by atoms with Crippen LogP contribution in [0.25, 0.3) is 0 Å². The third-order valence-electron chi connectivity index (χ3n) is 2.58. The van der Waals surface area contributed by atoms with E-state index in [2.05, 4.69) is 27.3 Å². The predicted octanol–water partition coefficient (Wildman–Crippen LogP) is 2.39. The normalized spacial score (nSPS) is 15.8. The second-order valence-corrected chi connectivity index (χ2v) is 4.59. The Bertz CT molecular complexity index is 457. The van der Waals surface area contributed by atoms with E-state index in [1.54, 1.807) is 7.05 Å². The van der Waals surface area contributed by atoms with Gasteiger partial charge >= 0.3 is 0 Å². The lowest BCUT2D eigenvalue weighted by Crippen LogP contribution is -2.14. The third kappa shape index (κ3) is 2.54. The van der Waals surface area contributed by atoms with E-state index in [1.807, 2.05) is 12.1 Å². The number of nitriles is 1. The zero-order valence-corrected chi connectivity index (χ0v) is 11.1. The Morgan fingerprint density at radius 1 is 1.41 bits per heavy atom. The molecule has 2 rings (SSSR count). The van der Waals surface area contributed by atoms with Crippen LogP contribution in [0.5, 0.6) is 11.5 Å². The van der Waals surface area contributed by atoms with Crippen LogP contribution in [0.1, 0.15) is 18.0 Å². The lowest BCUT2D eigenvalue weighted by Gasteiger charge is -2.14. The maximum atomic E-state index is 9.03. The zero-order chi connectivity index (χ0) is 12.3. The third-order valence-corrected chi connectivity index (χ3v) is 3.16. The van der Waals surface area contributed by atoms with Crippen LogP contribution >= 0.6 is 15.9 Å². The highest BCUT2D eigenvalue weighted by Crippen LogP contribution is 2.39. The molecule has 0 fully saturated rings. The number of fused-ring (bicyclic) bond motifs is 1. The van der Waals surface area contributed by atoms with Crippen molar-refractivity contribution in [3.8, 4) is 17.6 Å². The maximum Gasteiger partial charge on any atom is 0.175 e. The van der Waals surface area contributed by atoms with E-state index in [0.717, 1.165) is 22.2 Å². The van der Waals surface area contributed by atoms with Gasteiger partial charge in [-0.15, -0.1) is 0 Å². The quantitative estimate of drug-likeness (QED) is 0.910. The first-order valence-electron chi connectivity index (χ1n) is 5.42. The molecule has 0 spiro atoms. The molecule has 1 aromatic rings. The average Bonchev–Trinajstić information content (AvgIpc) is 2.56. The molecule has 0 aliphatic carbocycles. The number of rotatable bonds is 2. The van der Waals surface area contributed by atoms with Crippen LogP contribution in [0.3, 0.4) is 0 Å². The molecule has 1 aromatic carbocycles. The van der Waals surface area contributed by atoms with E-state index in [-0.39, 0.29) is 6.04 Å². The highest BCUT2D eigenvalue weighted by atomic mass is 79.9. The van der Waals surface area contributed by atoms with Crippen LogP contribution in [0.15, 0.2) is 16.6 Å². The lowest BCUT2D eigenvalue weighted by molar-refractivity contribution is 0.296. The molecular weight excluding hydrogens is 284 g/mol. The summed E-state index contributed by atoms with van der Waals surface area (Å²) in [6, 6.07) is 5.59. The Balaban J connectivity index is 2.42. The number of halogens is 1. The summed E-state index contributed by atoms with van der Waals surface area (Å²) in [5, 5.41) is 12.0. The van der Waals surface area contributed by atoms with Gasteiger partial charge in [-0.1, -0.05) is 0 Å². The van der Waals surface area contributed by atoms with Crippen molar-refractivity contribution in [2.45, 2.75) is 12.5 Å². The second-order valence-electron chi connectivity index (χ2n) is 3.73. The van der Waals surface area contributed by atoms with Gasteiger partial charge in [0.05, 0.1) is 23.8 Å². The highest BCUT2D eigenvalue weighted by Gasteiger charge is 2.18. The summed E-state index contributed by atoms with van der Waals surface area (Å²) in [5.41, 5.74) is 0.867. The lowest BCUT2D eigenvalue weighted by atomic mass is 10.1. The van der Waals surface area contributed by atoms with E-state index in [1.165, 1.54) is 0 Å². The summed E-state index contributed by atoms with van der Waals surface area (Å²) in [5.74, 6) is 1.42. The van der Waals surface area contributed by atoms with E-state index >= 15 is 0 Å². The molecule has 0 aromatic heterocycles. The molecule has 1 aliphatic heterocycles. The van der Waals surface area contributed by atoms with Gasteiger partial charge in [0, 0.05) is 6.42 Å². The summed E-state index contributed by atoms with van der Waals surface area (Å²) in [4.78, 5) is 0. The standard InChI is InChI=1S/C12H13BrN2O2/c1-15-10(7-14)8-5-9(13)12-11(6-8)16-3-2-4-17-12/h5-6,10,15H,2-4H2,1H3. The highest BCUT2D eigenvalue weighted by molar-refractivity contribution is 9.10. The van der Waals surface area contributed by atoms with Gasteiger partial charge < -0.3 is 14.8 Å². The number of nitrogens with one attached hydrogen (secondary N) is 1. The minimum absolute atomic E-state index is 0.344. The van der Waals surface area contributed by atoms with Crippen molar-refractivity contribution >= 4 is 15.9 Å². The van der Waals surface area contributed by atoms with E-state index in [0.29, 0.717) is 19.0 Å². The van der Waals surface area contributed by atoms with Crippen LogP contribution < -0.4 is 14.8 Å². The van der Waals surface area contributed by atoms with Crippen LogP contribution in [0, 0.1) is 11.3 Å². The van der Waals surface area contributed by atoms with Crippen LogP contribution in [-0.4, -0.2) is 20.3 Å². The summed E-state index contributed by atoms with van der Waals surface area (Å²) in [6.07, 6.45) is 0.865. The molecule has 90 valence electrons. The Labute approximate surface area is 109 Å². The Morgan fingerprint density at radius 2 is 2.18 bits per heavy atom. The van der Waals surface area contributed by atoms with Gasteiger partial charge in [0.15, 0.2) is 11.5 Å². The van der Waals surface area contributed by atoms with Crippen LogP contribution in [0.2, 0.25) is 0 Å². The molecule has 17 heavy (non-hydrogen) atoms. The van der Waals surface area contributed by atoms with Crippen molar-refractivity contribution in [3.63, 3.8) is 0 Å². The van der Waals surface area contributed by atoms with Gasteiger partial charge in [0.2, 0.25) is 0 Å². The molecule has 1 unspecified atom stereocenters. The minimum atomic E-state index is -0.344. The number of ether oxygens (including phenoxy) is 2. The van der Waals surface area contributed by atoms with Crippen molar-refractivity contribution in [1.82, 2.24) is 5.32 Å². The first-order valence-corrected chi connectivity index (χ1v) is 6.21. The number of nitrogens with zero attached hydrogens (tertiary/aromatic N) is 1. The van der Waals surface area contributed by atoms with Crippen LogP contribution in [0.4, 0.5) is 0 Å². The van der Waals surface area contributed by atoms with E-state index in [9.17, 15) is 0 Å². The maximum absolute atomic E-state index is 9.03. The zero-order valence-electron chi connectivity index (χ0n) is 9.50. The molecule has 0 radical (unpaired) electrons. The monoisotopic (exact) mass is 296 g/mol. The van der Waals surface area contributed by atoms with Gasteiger partial charge in [-0.2, -0.15) is 5.26 Å². The molecule has 4 nitrogen and oxygen atoms in total. The van der Waals surface area contributed by atoms with Crippen molar-refractivity contribution < 1.29 is 9.47 Å². The molecule has 1 aliphatic rings. The summed E-state index contributed by atoms with van der Waals surface area (Å²) >= 11 is 3.45. The fourth-order valence-corrected chi connectivity index (χ4v) is 2.30. The van der Waals surface area contributed by atoms with Gasteiger partial charge in [-0.3, -0.25) is 0 Å². The first-order chi connectivity index (χ1) is 8.26. The fraction of sp³-hybridized carbons (Fsp3) is 0.417. The Kier molecular flexibility index (Phi) is 3.87. The average molecular weight is 297 g/mol. The molecule has 5 heteroatoms. The molecular formula is C12H13BrN2O2. The SMILES string of the molecule is CNC(C#N)c1cc(Br)c2c(c1)OCCCO2. The van der Waals surface area contributed by atoms with Gasteiger partial charge in [-0.05, 0) is 40.7 Å². The molecule has 0 amide bonds. The Morgan fingerprint density at radius 3 is 2.88 bits per heavy atom. The van der Waals surface area contributed by atoms with Crippen molar-refractivity contribution in [1.29, 1.82) is 5.26 Å². The van der Waals surface area contributed by atoms with Gasteiger partial charge in [0.25, 0.3) is 0 Å². The molecule has 1 heterocycles. The topological polar surface area (TPSA) is 54.3 Å². The number of hydrogen-bond donors (Lipinski definition) is 1. The largest absolute Gasteiger partial charge is 0.490 e. The fourth-order valence-electron chi connectivity index (χ4n) is 1.72. The summed E-state index contributed by atoms with van der Waals surface area (Å²) in [6.45, 7) is 1.29. The van der Waals surface area contributed by atoms with Crippen molar-refractivity contribution in [2.75, 3.05) is 20.3 Å². The summed E-state index contributed by atoms with van der Waals surface area (Å²) in [7, 11) is 1.75. The van der Waals surface area contributed by atoms with Gasteiger partial charge in [0.1, 0.15) is 6.04 Å². The van der Waals surface area contributed by atoms with E-state index in [4.69, 9.17) is 14.7 Å². The first kappa shape index (κ1) is 12.2. The van der Waals surface area contributed by atoms with Crippen molar-refractivity contribution in [2.24, 2.45) is 0 Å². The molecule has 0 bridgehead atoms. The molecule has 1 N–H and O–H groups in total. The second kappa shape index (κ2) is 5.39. The van der Waals surface area contributed by atoms with Crippen LogP contribution in [-0.2, 0) is 0 Å². The smallest absolute Gasteiger partial charge is 0.175 e.